The number of aliphatic imine (C=N–C) groups is 1. The average molecular weight is 228 g/mol. The summed E-state index contributed by atoms with van der Waals surface area (Å²) in [5, 5.41) is 6.51. The van der Waals surface area contributed by atoms with Crippen LogP contribution in [0.4, 0.5) is 0 Å². The topological polar surface area (TPSA) is 36.4 Å². The molecule has 1 heterocycles. The largest absolute Gasteiger partial charge is 0.367 e. The van der Waals surface area contributed by atoms with Crippen molar-refractivity contribution >= 4 is 17.4 Å². The molecule has 1 atom stereocenters. The summed E-state index contributed by atoms with van der Waals surface area (Å²) in [4.78, 5) is 4.31. The van der Waals surface area contributed by atoms with Crippen molar-refractivity contribution in [2.45, 2.75) is 50.7 Å². The zero-order valence-electron chi connectivity index (χ0n) is 9.09. The fraction of sp³-hybridized carbons (Fsp3) is 0.727. The summed E-state index contributed by atoms with van der Waals surface area (Å²) in [6, 6.07) is 0.587. The molecule has 0 aromatic carbocycles. The summed E-state index contributed by atoms with van der Waals surface area (Å²) < 4.78 is 0. The Kier molecular flexibility index (Phi) is 3.52. The maximum absolute atomic E-state index is 5.94. The molecule has 15 heavy (non-hydrogen) atoms. The summed E-state index contributed by atoms with van der Waals surface area (Å²) in [7, 11) is 0. The van der Waals surface area contributed by atoms with Gasteiger partial charge in [0.1, 0.15) is 5.84 Å². The Morgan fingerprint density at radius 1 is 1.40 bits per heavy atom. The molecule has 4 heteroatoms. The number of rotatable bonds is 1. The molecule has 1 unspecified atom stereocenters. The van der Waals surface area contributed by atoms with E-state index in [2.05, 4.69) is 15.6 Å². The van der Waals surface area contributed by atoms with Crippen LogP contribution in [-0.2, 0) is 0 Å². The Hall–Kier alpha value is -0.700. The minimum Gasteiger partial charge on any atom is -0.367 e. The van der Waals surface area contributed by atoms with Gasteiger partial charge in [-0.1, -0.05) is 30.9 Å². The highest BCUT2D eigenvalue weighted by Crippen LogP contribution is 2.18. The molecule has 2 rings (SSSR count). The lowest BCUT2D eigenvalue weighted by Gasteiger charge is -2.26. The number of hydrogen-bond donors (Lipinski definition) is 2. The SMILES string of the molecule is CC1=CC(NC2CCCCC2)=NC(Cl)N1. The van der Waals surface area contributed by atoms with E-state index in [1.54, 1.807) is 0 Å². The lowest BCUT2D eigenvalue weighted by molar-refractivity contribution is 0.413. The molecule has 0 aromatic rings. The van der Waals surface area contributed by atoms with Gasteiger partial charge in [0, 0.05) is 11.7 Å². The molecule has 0 bridgehead atoms. The maximum atomic E-state index is 5.94. The zero-order chi connectivity index (χ0) is 10.7. The van der Waals surface area contributed by atoms with Crippen LogP contribution in [0.1, 0.15) is 39.0 Å². The Morgan fingerprint density at radius 2 is 2.13 bits per heavy atom. The lowest BCUT2D eigenvalue weighted by Crippen LogP contribution is -2.39. The van der Waals surface area contributed by atoms with Gasteiger partial charge in [0.2, 0.25) is 0 Å². The first-order chi connectivity index (χ1) is 7.24. The van der Waals surface area contributed by atoms with Gasteiger partial charge in [-0.2, -0.15) is 0 Å². The highest BCUT2D eigenvalue weighted by Gasteiger charge is 2.16. The second-order valence-corrected chi connectivity index (χ2v) is 4.71. The Bertz CT molecular complexity index is 280. The van der Waals surface area contributed by atoms with Gasteiger partial charge in [-0.15, -0.1) is 0 Å². The number of nitrogens with one attached hydrogen (secondary N) is 2. The first kappa shape index (κ1) is 10.8. The summed E-state index contributed by atoms with van der Waals surface area (Å²) in [5.74, 6) is 0.929. The Balaban J connectivity index is 1.92. The van der Waals surface area contributed by atoms with Crippen LogP contribution in [0.3, 0.4) is 0 Å². The van der Waals surface area contributed by atoms with Crippen LogP contribution in [0, 0.1) is 0 Å². The van der Waals surface area contributed by atoms with E-state index in [4.69, 9.17) is 11.6 Å². The molecule has 0 aromatic heterocycles. The third kappa shape index (κ3) is 3.13. The molecule has 0 amide bonds. The van der Waals surface area contributed by atoms with Gasteiger partial charge in [0.25, 0.3) is 0 Å². The van der Waals surface area contributed by atoms with Crippen molar-refractivity contribution in [1.29, 1.82) is 0 Å². The standard InChI is InChI=1S/C11H18ClN3/c1-8-7-10(15-11(12)13-8)14-9-5-3-2-4-6-9/h7,9,11,13H,2-6H2,1H3,(H,14,15). The quantitative estimate of drug-likeness (QED) is 0.533. The maximum Gasteiger partial charge on any atom is 0.197 e. The fourth-order valence-electron chi connectivity index (χ4n) is 2.16. The van der Waals surface area contributed by atoms with Crippen LogP contribution in [0.15, 0.2) is 16.8 Å². The van der Waals surface area contributed by atoms with Crippen LogP contribution < -0.4 is 10.6 Å². The van der Waals surface area contributed by atoms with Gasteiger partial charge < -0.3 is 10.6 Å². The Morgan fingerprint density at radius 3 is 2.80 bits per heavy atom. The van der Waals surface area contributed by atoms with Gasteiger partial charge in [0.15, 0.2) is 5.62 Å². The summed E-state index contributed by atoms with van der Waals surface area (Å²) in [5.41, 5.74) is 0.754. The highest BCUT2D eigenvalue weighted by atomic mass is 35.5. The molecule has 1 fully saturated rings. The molecule has 2 N–H and O–H groups in total. The predicted octanol–water partition coefficient (Wildman–Crippen LogP) is 2.34. The fourth-order valence-corrected chi connectivity index (χ4v) is 2.44. The number of halogens is 1. The second-order valence-electron chi connectivity index (χ2n) is 4.30. The number of nitrogens with zero attached hydrogens (tertiary/aromatic N) is 1. The molecule has 2 aliphatic rings. The van der Waals surface area contributed by atoms with Gasteiger partial charge in [-0.05, 0) is 25.8 Å². The monoisotopic (exact) mass is 227 g/mol. The molecule has 84 valence electrons. The van der Waals surface area contributed by atoms with E-state index in [9.17, 15) is 0 Å². The first-order valence-corrected chi connectivity index (χ1v) is 6.11. The van der Waals surface area contributed by atoms with Crippen molar-refractivity contribution in [1.82, 2.24) is 10.6 Å². The molecular formula is C11H18ClN3. The van der Waals surface area contributed by atoms with Crippen LogP contribution in [-0.4, -0.2) is 17.5 Å². The van der Waals surface area contributed by atoms with E-state index in [0.717, 1.165) is 11.5 Å². The van der Waals surface area contributed by atoms with Gasteiger partial charge in [-0.3, -0.25) is 0 Å². The smallest absolute Gasteiger partial charge is 0.197 e. The zero-order valence-corrected chi connectivity index (χ0v) is 9.85. The van der Waals surface area contributed by atoms with Gasteiger partial charge in [0.05, 0.1) is 0 Å². The van der Waals surface area contributed by atoms with E-state index < -0.39 is 0 Å². The van der Waals surface area contributed by atoms with E-state index in [0.29, 0.717) is 6.04 Å². The van der Waals surface area contributed by atoms with Crippen molar-refractivity contribution in [2.24, 2.45) is 4.99 Å². The summed E-state index contributed by atoms with van der Waals surface area (Å²) in [6.07, 6.45) is 8.57. The summed E-state index contributed by atoms with van der Waals surface area (Å²) >= 11 is 5.94. The van der Waals surface area contributed by atoms with Crippen LogP contribution in [0.25, 0.3) is 0 Å². The van der Waals surface area contributed by atoms with Crippen molar-refractivity contribution in [3.63, 3.8) is 0 Å². The van der Waals surface area contributed by atoms with E-state index in [-0.39, 0.29) is 5.62 Å². The molecule has 1 saturated carbocycles. The van der Waals surface area contributed by atoms with Crippen molar-refractivity contribution in [2.75, 3.05) is 0 Å². The molecule has 3 nitrogen and oxygen atoms in total. The number of hydrogen-bond acceptors (Lipinski definition) is 3. The van der Waals surface area contributed by atoms with E-state index in [1.807, 2.05) is 13.0 Å². The third-order valence-corrected chi connectivity index (χ3v) is 3.12. The number of alkyl halides is 1. The molecule has 0 radical (unpaired) electrons. The van der Waals surface area contributed by atoms with Crippen LogP contribution in [0.5, 0.6) is 0 Å². The molecular weight excluding hydrogens is 210 g/mol. The van der Waals surface area contributed by atoms with Crippen molar-refractivity contribution in [3.05, 3.63) is 11.8 Å². The molecule has 1 aliphatic carbocycles. The molecule has 0 spiro atoms. The minimum absolute atomic E-state index is 0.318. The average Bonchev–Trinajstić information content (AvgIpc) is 2.17. The lowest BCUT2D eigenvalue weighted by atomic mass is 9.95. The second kappa shape index (κ2) is 4.88. The van der Waals surface area contributed by atoms with Gasteiger partial charge in [-0.25, -0.2) is 4.99 Å². The minimum atomic E-state index is -0.318. The van der Waals surface area contributed by atoms with E-state index >= 15 is 0 Å². The van der Waals surface area contributed by atoms with Crippen molar-refractivity contribution in [3.8, 4) is 0 Å². The number of amidine groups is 1. The van der Waals surface area contributed by atoms with Crippen molar-refractivity contribution < 1.29 is 0 Å². The molecule has 0 saturated heterocycles. The van der Waals surface area contributed by atoms with Crippen LogP contribution in [0.2, 0.25) is 0 Å². The summed E-state index contributed by atoms with van der Waals surface area (Å²) in [6.45, 7) is 2.01. The highest BCUT2D eigenvalue weighted by molar-refractivity contribution is 6.21. The normalized spacial score (nSPS) is 27.7. The third-order valence-electron chi connectivity index (χ3n) is 2.91. The number of allylic oxidation sites excluding steroid dienone is 1. The van der Waals surface area contributed by atoms with Gasteiger partial charge >= 0.3 is 0 Å². The van der Waals surface area contributed by atoms with E-state index in [1.165, 1.54) is 32.1 Å². The predicted molar refractivity (Wildman–Crippen MR) is 64.0 cm³/mol. The first-order valence-electron chi connectivity index (χ1n) is 5.67. The Labute approximate surface area is 96.0 Å². The molecule has 1 aliphatic heterocycles. The van der Waals surface area contributed by atoms with Crippen LogP contribution >= 0.6 is 11.6 Å².